The lowest BCUT2D eigenvalue weighted by Crippen LogP contribution is -2.37. The van der Waals surface area contributed by atoms with Gasteiger partial charge in [-0.15, -0.1) is 0 Å². The van der Waals surface area contributed by atoms with Crippen LogP contribution >= 0.6 is 0 Å². The van der Waals surface area contributed by atoms with Crippen LogP contribution in [0.2, 0.25) is 0 Å². The van der Waals surface area contributed by atoms with Crippen molar-refractivity contribution >= 4 is 11.7 Å². The van der Waals surface area contributed by atoms with E-state index in [2.05, 4.69) is 15.2 Å². The Kier molecular flexibility index (Phi) is 5.43. The molecule has 2 aliphatic heterocycles. The molecule has 2 aliphatic rings. The first-order chi connectivity index (χ1) is 11.3. The maximum Gasteiger partial charge on any atom is 0.249 e. The molecule has 0 saturated carbocycles. The van der Waals surface area contributed by atoms with Gasteiger partial charge in [-0.3, -0.25) is 4.79 Å². The highest BCUT2D eigenvalue weighted by molar-refractivity contribution is 5.81. The number of aromatic nitrogens is 1. The number of ether oxygens (including phenoxy) is 2. The van der Waals surface area contributed by atoms with Crippen molar-refractivity contribution in [2.45, 2.75) is 31.6 Å². The molecule has 0 radical (unpaired) electrons. The number of morpholine rings is 1. The van der Waals surface area contributed by atoms with E-state index in [0.29, 0.717) is 13.1 Å². The Bertz CT molecular complexity index is 517. The lowest BCUT2D eigenvalue weighted by Gasteiger charge is -2.27. The highest BCUT2D eigenvalue weighted by atomic mass is 16.5. The smallest absolute Gasteiger partial charge is 0.249 e. The SMILES string of the molecule is NC[C@H]1CC[C@@H](C(=O)NCc2ccc(N3CCOCC3)nc2)O1. The number of rotatable bonds is 5. The number of amides is 1. The van der Waals surface area contributed by atoms with Crippen LogP contribution in [0.1, 0.15) is 18.4 Å². The zero-order valence-electron chi connectivity index (χ0n) is 13.2. The van der Waals surface area contributed by atoms with Crippen molar-refractivity contribution in [2.24, 2.45) is 5.73 Å². The Morgan fingerprint density at radius 1 is 1.35 bits per heavy atom. The number of nitrogens with two attached hydrogens (primary N) is 1. The van der Waals surface area contributed by atoms with Gasteiger partial charge < -0.3 is 25.4 Å². The topological polar surface area (TPSA) is 89.7 Å². The summed E-state index contributed by atoms with van der Waals surface area (Å²) in [5.41, 5.74) is 6.54. The predicted molar refractivity (Wildman–Crippen MR) is 86.1 cm³/mol. The van der Waals surface area contributed by atoms with Gasteiger partial charge in [-0.05, 0) is 24.5 Å². The number of hydrogen-bond acceptors (Lipinski definition) is 6. The number of carbonyl (C=O) groups excluding carboxylic acids is 1. The Hall–Kier alpha value is -1.70. The third kappa shape index (κ3) is 4.19. The number of pyridine rings is 1. The fourth-order valence-electron chi connectivity index (χ4n) is 2.88. The number of nitrogens with zero attached hydrogens (tertiary/aromatic N) is 2. The monoisotopic (exact) mass is 320 g/mol. The first-order valence-corrected chi connectivity index (χ1v) is 8.17. The van der Waals surface area contributed by atoms with E-state index in [0.717, 1.165) is 50.5 Å². The summed E-state index contributed by atoms with van der Waals surface area (Å²) in [7, 11) is 0. The second-order valence-corrected chi connectivity index (χ2v) is 5.90. The van der Waals surface area contributed by atoms with Gasteiger partial charge in [0.15, 0.2) is 0 Å². The second-order valence-electron chi connectivity index (χ2n) is 5.90. The van der Waals surface area contributed by atoms with Crippen molar-refractivity contribution in [1.82, 2.24) is 10.3 Å². The summed E-state index contributed by atoms with van der Waals surface area (Å²) in [6, 6.07) is 3.99. The largest absolute Gasteiger partial charge is 0.378 e. The fraction of sp³-hybridized carbons (Fsp3) is 0.625. The zero-order valence-corrected chi connectivity index (χ0v) is 13.2. The van der Waals surface area contributed by atoms with Crippen LogP contribution in [0.3, 0.4) is 0 Å². The Morgan fingerprint density at radius 2 is 2.17 bits per heavy atom. The number of carbonyl (C=O) groups is 1. The summed E-state index contributed by atoms with van der Waals surface area (Å²) in [5.74, 6) is 0.881. The lowest BCUT2D eigenvalue weighted by molar-refractivity contribution is -0.132. The van der Waals surface area contributed by atoms with E-state index in [4.69, 9.17) is 15.2 Å². The molecule has 2 saturated heterocycles. The number of nitrogens with one attached hydrogen (secondary N) is 1. The molecular weight excluding hydrogens is 296 g/mol. The standard InChI is InChI=1S/C16H24N4O3/c17-9-13-2-3-14(23-13)16(21)19-11-12-1-4-15(18-10-12)20-5-7-22-8-6-20/h1,4,10,13-14H,2-3,5-9,11,17H2,(H,19,21)/t13-,14+/m1/s1. The highest BCUT2D eigenvalue weighted by Gasteiger charge is 2.29. The maximum atomic E-state index is 12.1. The van der Waals surface area contributed by atoms with Crippen molar-refractivity contribution in [2.75, 3.05) is 37.7 Å². The summed E-state index contributed by atoms with van der Waals surface area (Å²) in [6.07, 6.45) is 3.04. The Morgan fingerprint density at radius 3 is 2.83 bits per heavy atom. The first kappa shape index (κ1) is 16.2. The molecule has 1 aromatic rings. The normalized spacial score (nSPS) is 24.7. The van der Waals surface area contributed by atoms with Gasteiger partial charge in [0.2, 0.25) is 5.91 Å². The van der Waals surface area contributed by atoms with Crippen LogP contribution in [-0.2, 0) is 20.8 Å². The molecule has 7 heteroatoms. The Labute approximate surface area is 136 Å². The van der Waals surface area contributed by atoms with E-state index < -0.39 is 0 Å². The molecule has 23 heavy (non-hydrogen) atoms. The van der Waals surface area contributed by atoms with Crippen LogP contribution in [0, 0.1) is 0 Å². The minimum Gasteiger partial charge on any atom is -0.378 e. The van der Waals surface area contributed by atoms with Crippen LogP contribution in [0.5, 0.6) is 0 Å². The van der Waals surface area contributed by atoms with Gasteiger partial charge in [0.05, 0.1) is 19.3 Å². The molecular formula is C16H24N4O3. The van der Waals surface area contributed by atoms with Gasteiger partial charge in [0.1, 0.15) is 11.9 Å². The molecule has 126 valence electrons. The molecule has 0 spiro atoms. The third-order valence-electron chi connectivity index (χ3n) is 4.27. The van der Waals surface area contributed by atoms with Crippen molar-refractivity contribution in [3.8, 4) is 0 Å². The maximum absolute atomic E-state index is 12.1. The summed E-state index contributed by atoms with van der Waals surface area (Å²) < 4.78 is 10.9. The molecule has 0 aliphatic carbocycles. The summed E-state index contributed by atoms with van der Waals surface area (Å²) in [4.78, 5) is 18.7. The van der Waals surface area contributed by atoms with E-state index in [1.807, 2.05) is 18.3 Å². The lowest BCUT2D eigenvalue weighted by atomic mass is 10.2. The summed E-state index contributed by atoms with van der Waals surface area (Å²) in [6.45, 7) is 4.14. The first-order valence-electron chi connectivity index (χ1n) is 8.17. The fourth-order valence-corrected chi connectivity index (χ4v) is 2.88. The van der Waals surface area contributed by atoms with E-state index in [-0.39, 0.29) is 18.1 Å². The summed E-state index contributed by atoms with van der Waals surface area (Å²) in [5, 5.41) is 2.91. The molecule has 0 aromatic carbocycles. The molecule has 3 N–H and O–H groups in total. The number of anilines is 1. The molecule has 0 unspecified atom stereocenters. The van der Waals surface area contributed by atoms with Gasteiger partial charge >= 0.3 is 0 Å². The molecule has 3 heterocycles. The molecule has 0 bridgehead atoms. The molecule has 2 atom stereocenters. The molecule has 1 aromatic heterocycles. The minimum atomic E-state index is -0.371. The van der Waals surface area contributed by atoms with Crippen LogP contribution in [0.15, 0.2) is 18.3 Å². The number of hydrogen-bond donors (Lipinski definition) is 2. The van der Waals surface area contributed by atoms with Crippen LogP contribution in [-0.4, -0.2) is 55.9 Å². The second kappa shape index (κ2) is 7.72. The molecule has 3 rings (SSSR count). The average molecular weight is 320 g/mol. The zero-order chi connectivity index (χ0) is 16.1. The van der Waals surface area contributed by atoms with E-state index in [9.17, 15) is 4.79 Å². The molecule has 2 fully saturated rings. The van der Waals surface area contributed by atoms with Gasteiger partial charge in [-0.25, -0.2) is 4.98 Å². The van der Waals surface area contributed by atoms with E-state index in [1.54, 1.807) is 0 Å². The van der Waals surface area contributed by atoms with Crippen molar-refractivity contribution in [3.63, 3.8) is 0 Å². The minimum absolute atomic E-state index is 0.0141. The average Bonchev–Trinajstić information content (AvgIpc) is 3.10. The van der Waals surface area contributed by atoms with Crippen molar-refractivity contribution < 1.29 is 14.3 Å². The Balaban J connectivity index is 1.47. The van der Waals surface area contributed by atoms with E-state index in [1.165, 1.54) is 0 Å². The highest BCUT2D eigenvalue weighted by Crippen LogP contribution is 2.19. The van der Waals surface area contributed by atoms with Crippen molar-refractivity contribution in [3.05, 3.63) is 23.9 Å². The van der Waals surface area contributed by atoms with Crippen LogP contribution in [0.25, 0.3) is 0 Å². The van der Waals surface area contributed by atoms with Crippen LogP contribution in [0.4, 0.5) is 5.82 Å². The van der Waals surface area contributed by atoms with Crippen molar-refractivity contribution in [1.29, 1.82) is 0 Å². The van der Waals surface area contributed by atoms with Gasteiger partial charge in [-0.2, -0.15) is 0 Å². The van der Waals surface area contributed by atoms with Crippen LogP contribution < -0.4 is 16.0 Å². The molecule has 1 amide bonds. The third-order valence-corrected chi connectivity index (χ3v) is 4.27. The predicted octanol–water partition coefficient (Wildman–Crippen LogP) is 0.0407. The van der Waals surface area contributed by atoms with E-state index >= 15 is 0 Å². The quantitative estimate of drug-likeness (QED) is 0.796. The van der Waals surface area contributed by atoms with Gasteiger partial charge in [0.25, 0.3) is 0 Å². The van der Waals surface area contributed by atoms with Gasteiger partial charge in [0, 0.05) is 32.4 Å². The summed E-state index contributed by atoms with van der Waals surface area (Å²) >= 11 is 0. The molecule has 7 nitrogen and oxygen atoms in total. The van der Waals surface area contributed by atoms with Gasteiger partial charge in [-0.1, -0.05) is 6.07 Å².